The minimum Gasteiger partial charge on any atom is -0.388 e. The molecule has 116 valence electrons. The van der Waals surface area contributed by atoms with Gasteiger partial charge in [0.1, 0.15) is 9.88 Å². The summed E-state index contributed by atoms with van der Waals surface area (Å²) in [5.41, 5.74) is 5.82. The van der Waals surface area contributed by atoms with Crippen molar-refractivity contribution in [3.8, 4) is 0 Å². The van der Waals surface area contributed by atoms with Gasteiger partial charge in [-0.05, 0) is 37.3 Å². The lowest BCUT2D eigenvalue weighted by molar-refractivity contribution is 0.123. The summed E-state index contributed by atoms with van der Waals surface area (Å²) in [4.78, 5) is 4.16. The van der Waals surface area contributed by atoms with Gasteiger partial charge in [0, 0.05) is 26.0 Å². The van der Waals surface area contributed by atoms with Crippen molar-refractivity contribution >= 4 is 27.2 Å². The van der Waals surface area contributed by atoms with Crippen molar-refractivity contribution < 1.29 is 13.2 Å². The highest BCUT2D eigenvalue weighted by molar-refractivity contribution is 7.89. The molecule has 0 unspecified atom stereocenters. The zero-order valence-electron chi connectivity index (χ0n) is 11.6. The number of sulfonamides is 1. The Morgan fingerprint density at radius 2 is 2.24 bits per heavy atom. The zero-order chi connectivity index (χ0) is 15.3. The number of rotatable bonds is 9. The Bertz CT molecular complexity index is 583. The molecule has 0 amide bonds. The summed E-state index contributed by atoms with van der Waals surface area (Å²) in [6.07, 6.45) is 4.40. The standard InChI is InChI=1S/C13H19N3O3S2/c14-13(20)12-5-4-11(8-15-12)21(17,18)16-6-1-7-19-9-10-2-3-10/h4-5,8,10,16H,1-3,6-7,9H2,(H2,14,20). The van der Waals surface area contributed by atoms with Gasteiger partial charge in [0.2, 0.25) is 10.0 Å². The molecule has 1 fully saturated rings. The molecule has 21 heavy (non-hydrogen) atoms. The molecule has 0 bridgehead atoms. The third-order valence-corrected chi connectivity index (χ3v) is 4.76. The molecule has 3 N–H and O–H groups in total. The maximum absolute atomic E-state index is 12.0. The molecule has 1 heterocycles. The molecule has 1 aliphatic rings. The molecule has 6 nitrogen and oxygen atoms in total. The van der Waals surface area contributed by atoms with Crippen LogP contribution in [-0.2, 0) is 14.8 Å². The molecule has 1 aromatic rings. The summed E-state index contributed by atoms with van der Waals surface area (Å²) in [7, 11) is -3.55. The summed E-state index contributed by atoms with van der Waals surface area (Å²) >= 11 is 4.77. The SMILES string of the molecule is NC(=S)c1ccc(S(=O)(=O)NCCCOCC2CC2)cn1. The predicted molar refractivity (Wildman–Crippen MR) is 83.5 cm³/mol. The van der Waals surface area contributed by atoms with Crippen LogP contribution in [0.15, 0.2) is 23.2 Å². The van der Waals surface area contributed by atoms with Gasteiger partial charge in [-0.1, -0.05) is 12.2 Å². The van der Waals surface area contributed by atoms with E-state index in [9.17, 15) is 8.42 Å². The van der Waals surface area contributed by atoms with Crippen LogP contribution in [-0.4, -0.2) is 38.1 Å². The van der Waals surface area contributed by atoms with E-state index in [0.717, 1.165) is 12.5 Å². The van der Waals surface area contributed by atoms with Crippen molar-refractivity contribution in [1.82, 2.24) is 9.71 Å². The first-order chi connectivity index (χ1) is 9.99. The minimum absolute atomic E-state index is 0.0985. The topological polar surface area (TPSA) is 94.3 Å². The second-order valence-corrected chi connectivity index (χ2v) is 7.22. The zero-order valence-corrected chi connectivity index (χ0v) is 13.3. The Labute approximate surface area is 130 Å². The van der Waals surface area contributed by atoms with E-state index in [1.54, 1.807) is 0 Å². The lowest BCUT2D eigenvalue weighted by Gasteiger charge is -2.07. The van der Waals surface area contributed by atoms with Crippen LogP contribution in [0.3, 0.4) is 0 Å². The van der Waals surface area contributed by atoms with Gasteiger partial charge in [0.25, 0.3) is 0 Å². The summed E-state index contributed by atoms with van der Waals surface area (Å²) in [6.45, 7) is 1.69. The van der Waals surface area contributed by atoms with Gasteiger partial charge in [0.05, 0.1) is 5.69 Å². The number of hydrogen-bond acceptors (Lipinski definition) is 5. The van der Waals surface area contributed by atoms with Crippen LogP contribution < -0.4 is 10.5 Å². The highest BCUT2D eigenvalue weighted by atomic mass is 32.2. The third kappa shape index (κ3) is 5.31. The van der Waals surface area contributed by atoms with Crippen LogP contribution >= 0.6 is 12.2 Å². The van der Waals surface area contributed by atoms with E-state index in [0.29, 0.717) is 25.3 Å². The second kappa shape index (κ2) is 7.26. The molecule has 1 aromatic heterocycles. The van der Waals surface area contributed by atoms with E-state index in [2.05, 4.69) is 9.71 Å². The number of nitrogens with two attached hydrogens (primary N) is 1. The summed E-state index contributed by atoms with van der Waals surface area (Å²) < 4.78 is 32.0. The lowest BCUT2D eigenvalue weighted by Crippen LogP contribution is -2.26. The first kappa shape index (κ1) is 16.3. The number of nitrogens with one attached hydrogen (secondary N) is 1. The molecule has 0 aliphatic heterocycles. The number of thiocarbonyl (C=S) groups is 1. The van der Waals surface area contributed by atoms with Crippen LogP contribution in [0, 0.1) is 5.92 Å². The average Bonchev–Trinajstić information content (AvgIpc) is 3.27. The highest BCUT2D eigenvalue weighted by Gasteiger charge is 2.21. The first-order valence-electron chi connectivity index (χ1n) is 6.82. The summed E-state index contributed by atoms with van der Waals surface area (Å²) in [6, 6.07) is 2.93. The Morgan fingerprint density at radius 3 is 2.81 bits per heavy atom. The van der Waals surface area contributed by atoms with Crippen LogP contribution in [0.2, 0.25) is 0 Å². The Kier molecular flexibility index (Phi) is 5.63. The van der Waals surface area contributed by atoms with Gasteiger partial charge < -0.3 is 10.5 Å². The summed E-state index contributed by atoms with van der Waals surface area (Å²) in [5, 5.41) is 0. The van der Waals surface area contributed by atoms with Crippen molar-refractivity contribution in [2.24, 2.45) is 11.7 Å². The summed E-state index contributed by atoms with van der Waals surface area (Å²) in [5.74, 6) is 0.722. The highest BCUT2D eigenvalue weighted by Crippen LogP contribution is 2.28. The normalized spacial score (nSPS) is 15.0. The smallest absolute Gasteiger partial charge is 0.242 e. The fraction of sp³-hybridized carbons (Fsp3) is 0.538. The number of hydrogen-bond donors (Lipinski definition) is 2. The van der Waals surface area contributed by atoms with Gasteiger partial charge in [0.15, 0.2) is 0 Å². The second-order valence-electron chi connectivity index (χ2n) is 5.01. The molecule has 8 heteroatoms. The quantitative estimate of drug-likeness (QED) is 0.514. The molecular formula is C13H19N3O3S2. The van der Waals surface area contributed by atoms with Crippen molar-refractivity contribution in [1.29, 1.82) is 0 Å². The van der Waals surface area contributed by atoms with Crippen LogP contribution in [0.1, 0.15) is 25.0 Å². The molecule has 0 radical (unpaired) electrons. The molecule has 1 saturated carbocycles. The van der Waals surface area contributed by atoms with Crippen molar-refractivity contribution in [3.63, 3.8) is 0 Å². The molecule has 2 rings (SSSR count). The van der Waals surface area contributed by atoms with Gasteiger partial charge in [-0.15, -0.1) is 0 Å². The maximum atomic E-state index is 12.0. The fourth-order valence-electron chi connectivity index (χ4n) is 1.68. The van der Waals surface area contributed by atoms with Crippen molar-refractivity contribution in [2.75, 3.05) is 19.8 Å². The minimum atomic E-state index is -3.55. The molecule has 1 aliphatic carbocycles. The van der Waals surface area contributed by atoms with Gasteiger partial charge in [-0.25, -0.2) is 13.1 Å². The number of pyridine rings is 1. The molecule has 0 spiro atoms. The number of ether oxygens (including phenoxy) is 1. The Morgan fingerprint density at radius 1 is 1.48 bits per heavy atom. The number of nitrogens with zero attached hydrogens (tertiary/aromatic N) is 1. The predicted octanol–water partition coefficient (Wildman–Crippen LogP) is 0.811. The van der Waals surface area contributed by atoms with E-state index in [1.165, 1.54) is 31.2 Å². The largest absolute Gasteiger partial charge is 0.388 e. The van der Waals surface area contributed by atoms with Crippen LogP contribution in [0.5, 0.6) is 0 Å². The van der Waals surface area contributed by atoms with Crippen molar-refractivity contribution in [2.45, 2.75) is 24.2 Å². The van der Waals surface area contributed by atoms with E-state index >= 15 is 0 Å². The Hall–Kier alpha value is -1.09. The molecule has 0 aromatic carbocycles. The molecular weight excluding hydrogens is 310 g/mol. The van der Waals surface area contributed by atoms with E-state index in [4.69, 9.17) is 22.7 Å². The van der Waals surface area contributed by atoms with E-state index < -0.39 is 10.0 Å². The fourth-order valence-corrected chi connectivity index (χ4v) is 2.82. The van der Waals surface area contributed by atoms with Crippen LogP contribution in [0.25, 0.3) is 0 Å². The van der Waals surface area contributed by atoms with Gasteiger partial charge in [-0.2, -0.15) is 0 Å². The molecule has 0 atom stereocenters. The third-order valence-electron chi connectivity index (χ3n) is 3.11. The van der Waals surface area contributed by atoms with E-state index in [1.807, 2.05) is 0 Å². The Balaban J connectivity index is 1.75. The van der Waals surface area contributed by atoms with Crippen molar-refractivity contribution in [3.05, 3.63) is 24.0 Å². The van der Waals surface area contributed by atoms with Gasteiger partial charge in [-0.3, -0.25) is 4.98 Å². The van der Waals surface area contributed by atoms with Crippen LogP contribution in [0.4, 0.5) is 0 Å². The van der Waals surface area contributed by atoms with Gasteiger partial charge >= 0.3 is 0 Å². The lowest BCUT2D eigenvalue weighted by atomic mass is 10.3. The molecule has 0 saturated heterocycles. The average molecular weight is 329 g/mol. The van der Waals surface area contributed by atoms with E-state index in [-0.39, 0.29) is 9.88 Å². The first-order valence-corrected chi connectivity index (χ1v) is 8.71. The number of aromatic nitrogens is 1. The maximum Gasteiger partial charge on any atom is 0.242 e. The monoisotopic (exact) mass is 329 g/mol.